The Bertz CT molecular complexity index is 734. The molecule has 4 heteroatoms. The summed E-state index contributed by atoms with van der Waals surface area (Å²) in [5.74, 6) is -0.0424. The van der Waals surface area contributed by atoms with Crippen molar-refractivity contribution in [2.75, 3.05) is 31.2 Å². The first-order chi connectivity index (χ1) is 12.0. The Hall–Kier alpha value is -2.33. The zero-order valence-electron chi connectivity index (χ0n) is 15.2. The van der Waals surface area contributed by atoms with Crippen LogP contribution in [0, 0.1) is 13.8 Å². The van der Waals surface area contributed by atoms with E-state index in [2.05, 4.69) is 42.3 Å². The molecule has 1 amide bonds. The number of ether oxygens (including phenoxy) is 1. The normalized spacial score (nSPS) is 15.7. The highest BCUT2D eigenvalue weighted by atomic mass is 16.5. The molecule has 1 N–H and O–H groups in total. The van der Waals surface area contributed by atoms with Crippen molar-refractivity contribution in [3.8, 4) is 0 Å². The Kier molecular flexibility index (Phi) is 5.39. The number of nitrogens with one attached hydrogen (secondary N) is 1. The molecule has 0 aliphatic carbocycles. The maximum absolute atomic E-state index is 12.5. The second-order valence-corrected chi connectivity index (χ2v) is 6.69. The summed E-state index contributed by atoms with van der Waals surface area (Å²) in [5.41, 5.74) is 5.46. The van der Waals surface area contributed by atoms with Crippen molar-refractivity contribution in [3.63, 3.8) is 0 Å². The summed E-state index contributed by atoms with van der Waals surface area (Å²) in [6, 6.07) is 14.1. The van der Waals surface area contributed by atoms with Gasteiger partial charge in [0.1, 0.15) is 0 Å². The number of hydrogen-bond donors (Lipinski definition) is 1. The molecule has 1 atom stereocenters. The quantitative estimate of drug-likeness (QED) is 0.925. The van der Waals surface area contributed by atoms with Gasteiger partial charge in [0.15, 0.2) is 0 Å². The number of carbonyl (C=O) groups excluding carboxylic acids is 1. The molecule has 1 fully saturated rings. The summed E-state index contributed by atoms with van der Waals surface area (Å²) >= 11 is 0. The lowest BCUT2D eigenvalue weighted by Crippen LogP contribution is -2.36. The number of benzene rings is 2. The van der Waals surface area contributed by atoms with Gasteiger partial charge in [-0.25, -0.2) is 0 Å². The van der Waals surface area contributed by atoms with Gasteiger partial charge in [0, 0.05) is 24.3 Å². The SMILES string of the molecule is Cc1ccc([C@@H](C)NC(=O)c2ccc(N3CCOCC3)cc2)cc1C. The first-order valence-electron chi connectivity index (χ1n) is 8.85. The number of rotatable bonds is 4. The van der Waals surface area contributed by atoms with E-state index in [9.17, 15) is 4.79 Å². The fourth-order valence-corrected chi connectivity index (χ4v) is 3.04. The minimum Gasteiger partial charge on any atom is -0.378 e. The van der Waals surface area contributed by atoms with Gasteiger partial charge in [-0.2, -0.15) is 0 Å². The summed E-state index contributed by atoms with van der Waals surface area (Å²) < 4.78 is 5.38. The maximum atomic E-state index is 12.5. The Balaban J connectivity index is 1.65. The van der Waals surface area contributed by atoms with E-state index in [0.717, 1.165) is 37.6 Å². The molecule has 0 saturated carbocycles. The van der Waals surface area contributed by atoms with Crippen molar-refractivity contribution < 1.29 is 9.53 Å². The number of hydrogen-bond acceptors (Lipinski definition) is 3. The van der Waals surface area contributed by atoms with Crippen LogP contribution in [0.2, 0.25) is 0 Å². The van der Waals surface area contributed by atoms with E-state index in [1.807, 2.05) is 31.2 Å². The molecule has 2 aromatic carbocycles. The third-order valence-electron chi connectivity index (χ3n) is 4.88. The minimum atomic E-state index is -0.0424. The van der Waals surface area contributed by atoms with Crippen LogP contribution in [0.5, 0.6) is 0 Å². The summed E-state index contributed by atoms with van der Waals surface area (Å²) in [5, 5.41) is 3.09. The lowest BCUT2D eigenvalue weighted by atomic mass is 10.0. The highest BCUT2D eigenvalue weighted by Gasteiger charge is 2.14. The van der Waals surface area contributed by atoms with Crippen LogP contribution in [0.4, 0.5) is 5.69 Å². The average Bonchev–Trinajstić information content (AvgIpc) is 2.64. The predicted molar refractivity (Wildman–Crippen MR) is 101 cm³/mol. The standard InChI is InChI=1S/C21H26N2O2/c1-15-4-5-19(14-16(15)2)17(3)22-21(24)18-6-8-20(9-7-18)23-10-12-25-13-11-23/h4-9,14,17H,10-13H2,1-3H3,(H,22,24)/t17-/m1/s1. The number of morpholine rings is 1. The predicted octanol–water partition coefficient (Wildman–Crippen LogP) is 3.63. The van der Waals surface area contributed by atoms with Crippen LogP contribution in [-0.4, -0.2) is 32.2 Å². The molecule has 4 nitrogen and oxygen atoms in total. The van der Waals surface area contributed by atoms with Crippen LogP contribution < -0.4 is 10.2 Å². The largest absolute Gasteiger partial charge is 0.378 e. The van der Waals surface area contributed by atoms with Crippen molar-refractivity contribution >= 4 is 11.6 Å². The monoisotopic (exact) mass is 338 g/mol. The highest BCUT2D eigenvalue weighted by Crippen LogP contribution is 2.19. The van der Waals surface area contributed by atoms with Gasteiger partial charge in [-0.05, 0) is 61.7 Å². The van der Waals surface area contributed by atoms with Crippen molar-refractivity contribution in [1.29, 1.82) is 0 Å². The second kappa shape index (κ2) is 7.70. The fourth-order valence-electron chi connectivity index (χ4n) is 3.04. The van der Waals surface area contributed by atoms with Crippen LogP contribution in [-0.2, 0) is 4.74 Å². The lowest BCUT2D eigenvalue weighted by molar-refractivity contribution is 0.0940. The van der Waals surface area contributed by atoms with Crippen molar-refractivity contribution in [2.24, 2.45) is 0 Å². The van der Waals surface area contributed by atoms with E-state index < -0.39 is 0 Å². The van der Waals surface area contributed by atoms with Crippen molar-refractivity contribution in [3.05, 3.63) is 64.7 Å². The average molecular weight is 338 g/mol. The summed E-state index contributed by atoms with van der Waals surface area (Å²) in [7, 11) is 0. The van der Waals surface area contributed by atoms with Crippen LogP contribution in [0.1, 0.15) is 40.0 Å². The van der Waals surface area contributed by atoms with Gasteiger partial charge >= 0.3 is 0 Å². The van der Waals surface area contributed by atoms with E-state index in [0.29, 0.717) is 5.56 Å². The molecule has 1 saturated heterocycles. The zero-order chi connectivity index (χ0) is 17.8. The van der Waals surface area contributed by atoms with Crippen LogP contribution >= 0.6 is 0 Å². The van der Waals surface area contributed by atoms with Gasteiger partial charge < -0.3 is 15.0 Å². The molecule has 2 aromatic rings. The number of nitrogens with zero attached hydrogens (tertiary/aromatic N) is 1. The number of carbonyl (C=O) groups is 1. The van der Waals surface area contributed by atoms with E-state index in [4.69, 9.17) is 4.74 Å². The first kappa shape index (κ1) is 17.5. The van der Waals surface area contributed by atoms with Gasteiger partial charge in [-0.15, -0.1) is 0 Å². The third-order valence-corrected chi connectivity index (χ3v) is 4.88. The Labute approximate surface area is 149 Å². The molecule has 0 spiro atoms. The molecular weight excluding hydrogens is 312 g/mol. The van der Waals surface area contributed by atoms with Gasteiger partial charge in [0.05, 0.1) is 19.3 Å². The molecule has 0 radical (unpaired) electrons. The molecule has 132 valence electrons. The Morgan fingerprint density at radius 1 is 1.04 bits per heavy atom. The first-order valence-corrected chi connectivity index (χ1v) is 8.85. The van der Waals surface area contributed by atoms with Gasteiger partial charge in [0.2, 0.25) is 0 Å². The smallest absolute Gasteiger partial charge is 0.251 e. The van der Waals surface area contributed by atoms with Crippen LogP contribution in [0.3, 0.4) is 0 Å². The second-order valence-electron chi connectivity index (χ2n) is 6.69. The fraction of sp³-hybridized carbons (Fsp3) is 0.381. The van der Waals surface area contributed by atoms with E-state index in [1.54, 1.807) is 0 Å². The lowest BCUT2D eigenvalue weighted by Gasteiger charge is -2.28. The van der Waals surface area contributed by atoms with Crippen molar-refractivity contribution in [2.45, 2.75) is 26.8 Å². The van der Waals surface area contributed by atoms with E-state index in [-0.39, 0.29) is 11.9 Å². The van der Waals surface area contributed by atoms with Gasteiger partial charge in [-0.1, -0.05) is 18.2 Å². The molecule has 3 rings (SSSR count). The summed E-state index contributed by atoms with van der Waals surface area (Å²) in [6.07, 6.45) is 0. The van der Waals surface area contributed by atoms with E-state index >= 15 is 0 Å². The van der Waals surface area contributed by atoms with E-state index in [1.165, 1.54) is 11.1 Å². The topological polar surface area (TPSA) is 41.6 Å². The molecule has 1 aliphatic rings. The van der Waals surface area contributed by atoms with Crippen LogP contribution in [0.15, 0.2) is 42.5 Å². The van der Waals surface area contributed by atoms with Crippen molar-refractivity contribution in [1.82, 2.24) is 5.32 Å². The minimum absolute atomic E-state index is 0.0225. The molecule has 0 aromatic heterocycles. The molecule has 25 heavy (non-hydrogen) atoms. The number of anilines is 1. The maximum Gasteiger partial charge on any atom is 0.251 e. The molecule has 0 bridgehead atoms. The van der Waals surface area contributed by atoms with Gasteiger partial charge in [-0.3, -0.25) is 4.79 Å². The number of aryl methyl sites for hydroxylation is 2. The molecule has 1 aliphatic heterocycles. The zero-order valence-corrected chi connectivity index (χ0v) is 15.2. The summed E-state index contributed by atoms with van der Waals surface area (Å²) in [6.45, 7) is 9.52. The highest BCUT2D eigenvalue weighted by molar-refractivity contribution is 5.94. The summed E-state index contributed by atoms with van der Waals surface area (Å²) in [4.78, 5) is 14.8. The number of amides is 1. The third kappa shape index (κ3) is 4.20. The van der Waals surface area contributed by atoms with Crippen LogP contribution in [0.25, 0.3) is 0 Å². The Morgan fingerprint density at radius 2 is 1.72 bits per heavy atom. The molecular formula is C21H26N2O2. The Morgan fingerprint density at radius 3 is 2.36 bits per heavy atom. The molecule has 1 heterocycles. The van der Waals surface area contributed by atoms with Gasteiger partial charge in [0.25, 0.3) is 5.91 Å². The molecule has 0 unspecified atom stereocenters.